The van der Waals surface area contributed by atoms with Crippen LogP contribution in [0.1, 0.15) is 55.0 Å². The van der Waals surface area contributed by atoms with Gasteiger partial charge in [0.15, 0.2) is 24.0 Å². The number of carbonyl (C=O) groups excluding carboxylic acids is 5. The molecule has 0 saturated carbocycles. The Labute approximate surface area is 373 Å². The molecule has 14 nitrogen and oxygen atoms in total. The van der Waals surface area contributed by atoms with Gasteiger partial charge >= 0.3 is 12.1 Å². The summed E-state index contributed by atoms with van der Waals surface area (Å²) in [4.78, 5) is 68.3. The Morgan fingerprint density at radius 1 is 0.750 bits per heavy atom. The molecule has 9 unspecified atom stereocenters. The molecule has 4 aromatic rings. The molecule has 2 amide bonds. The standard InChI is InChI=1S/C50H55NO13/c1-33-43(38-23-14-7-15-24-38)64-50(57)51(33)48(56)40(29-35-17-8-4-9-18-35)44(62-34(2)53)41(55)27-26-39(54)25-16-28-59-47-46(61-32-37-21-12-6-13-22-37)45(42(30-52)63-49(47)58-3)60-31-36-19-10-5-11-20-36/h4-15,17-24,26-27,33,40,42-47,49,52H,16,25,28-32H2,1-3H3. The Bertz CT molecular complexity index is 2150. The molecule has 9 atom stereocenters. The molecule has 6 rings (SSSR count). The van der Waals surface area contributed by atoms with Gasteiger partial charge in [0.1, 0.15) is 30.5 Å². The summed E-state index contributed by atoms with van der Waals surface area (Å²) in [7, 11) is 1.46. The number of benzene rings is 4. The third kappa shape index (κ3) is 12.6. The molecule has 0 spiro atoms. The van der Waals surface area contributed by atoms with Crippen molar-refractivity contribution >= 4 is 29.5 Å². The van der Waals surface area contributed by atoms with E-state index in [1.807, 2.05) is 66.7 Å². The highest BCUT2D eigenvalue weighted by molar-refractivity contribution is 6.04. The molecule has 2 heterocycles. The number of esters is 1. The van der Waals surface area contributed by atoms with Crippen molar-refractivity contribution < 1.29 is 62.2 Å². The van der Waals surface area contributed by atoms with E-state index in [-0.39, 0.29) is 45.7 Å². The average molecular weight is 878 g/mol. The van der Waals surface area contributed by atoms with Gasteiger partial charge in [-0.2, -0.15) is 0 Å². The third-order valence-corrected chi connectivity index (χ3v) is 11.1. The number of hydrogen-bond acceptors (Lipinski definition) is 13. The van der Waals surface area contributed by atoms with Gasteiger partial charge in [0, 0.05) is 27.1 Å². The van der Waals surface area contributed by atoms with Crippen LogP contribution in [0.2, 0.25) is 0 Å². The van der Waals surface area contributed by atoms with Gasteiger partial charge in [0.05, 0.1) is 31.8 Å². The number of rotatable bonds is 22. The molecular weight excluding hydrogens is 823 g/mol. The lowest BCUT2D eigenvalue weighted by molar-refractivity contribution is -0.319. The molecule has 0 aromatic heterocycles. The second kappa shape index (κ2) is 23.7. The first-order valence-electron chi connectivity index (χ1n) is 21.3. The highest BCUT2D eigenvalue weighted by Gasteiger charge is 2.50. The SMILES string of the molecule is COC1OC(CO)C(OCc2ccccc2)C(OCc2ccccc2)C1OCCCC(=O)C=CC(=O)C(OC(C)=O)C(Cc1ccccc1)C(=O)N1C(=O)OC(c2ccccc2)C1C. The maximum absolute atomic E-state index is 14.4. The molecule has 1 N–H and O–H groups in total. The predicted octanol–water partition coefficient (Wildman–Crippen LogP) is 6.28. The average Bonchev–Trinajstić information content (AvgIpc) is 3.62. The number of hydrogen-bond donors (Lipinski definition) is 1. The second-order valence-electron chi connectivity index (χ2n) is 15.6. The zero-order valence-electron chi connectivity index (χ0n) is 36.1. The van der Waals surface area contributed by atoms with Crippen LogP contribution >= 0.6 is 0 Å². The number of ketones is 2. The molecular formula is C50H55NO13. The maximum Gasteiger partial charge on any atom is 0.417 e. The van der Waals surface area contributed by atoms with E-state index >= 15 is 0 Å². The normalized spacial score (nSPS) is 23.0. The summed E-state index contributed by atoms with van der Waals surface area (Å²) in [6, 6.07) is 36.2. The topological polar surface area (TPSA) is 173 Å². The van der Waals surface area contributed by atoms with Crippen molar-refractivity contribution in [3.05, 3.63) is 156 Å². The number of amides is 2. The Morgan fingerprint density at radius 3 is 1.88 bits per heavy atom. The van der Waals surface area contributed by atoms with Gasteiger partial charge in [-0.1, -0.05) is 121 Å². The Kier molecular flexibility index (Phi) is 17.6. The predicted molar refractivity (Wildman–Crippen MR) is 232 cm³/mol. The number of aliphatic hydroxyl groups is 1. The highest BCUT2D eigenvalue weighted by Crippen LogP contribution is 2.35. The van der Waals surface area contributed by atoms with E-state index in [9.17, 15) is 29.1 Å². The number of ether oxygens (including phenoxy) is 7. The molecule has 14 heteroatoms. The third-order valence-electron chi connectivity index (χ3n) is 11.1. The van der Waals surface area contributed by atoms with Crippen molar-refractivity contribution in [3.63, 3.8) is 0 Å². The quantitative estimate of drug-likeness (QED) is 0.0532. The molecule has 0 aliphatic carbocycles. The fourth-order valence-corrected chi connectivity index (χ4v) is 7.87. The van der Waals surface area contributed by atoms with Gasteiger partial charge in [-0.25, -0.2) is 9.69 Å². The summed E-state index contributed by atoms with van der Waals surface area (Å²) in [6.07, 6.45) is -5.21. The largest absolute Gasteiger partial charge is 0.453 e. The Balaban J connectivity index is 1.13. The van der Waals surface area contributed by atoms with Crippen molar-refractivity contribution in [2.75, 3.05) is 20.3 Å². The van der Waals surface area contributed by atoms with Gasteiger partial charge < -0.3 is 38.3 Å². The number of aliphatic hydroxyl groups excluding tert-OH is 1. The van der Waals surface area contributed by atoms with Crippen LogP contribution in [0.25, 0.3) is 0 Å². The van der Waals surface area contributed by atoms with Crippen LogP contribution in [0.4, 0.5) is 4.79 Å². The smallest absolute Gasteiger partial charge is 0.417 e. The van der Waals surface area contributed by atoms with E-state index in [1.54, 1.807) is 61.5 Å². The fourth-order valence-electron chi connectivity index (χ4n) is 7.87. The van der Waals surface area contributed by atoms with Crippen molar-refractivity contribution in [2.45, 2.75) is 95.3 Å². The van der Waals surface area contributed by atoms with E-state index in [0.29, 0.717) is 11.1 Å². The number of methoxy groups -OCH3 is 1. The molecule has 2 saturated heterocycles. The van der Waals surface area contributed by atoms with E-state index in [0.717, 1.165) is 35.1 Å². The number of cyclic esters (lactones) is 1. The van der Waals surface area contributed by atoms with E-state index < -0.39 is 84.4 Å². The van der Waals surface area contributed by atoms with Crippen LogP contribution in [-0.4, -0.2) is 103 Å². The first-order chi connectivity index (χ1) is 31.1. The Hall–Kier alpha value is -5.87. The number of allylic oxidation sites excluding steroid dienone is 1. The first kappa shape index (κ1) is 47.6. The minimum Gasteiger partial charge on any atom is -0.453 e. The molecule has 64 heavy (non-hydrogen) atoms. The van der Waals surface area contributed by atoms with Crippen molar-refractivity contribution in [3.8, 4) is 0 Å². The summed E-state index contributed by atoms with van der Waals surface area (Å²) in [5.74, 6) is -4.18. The van der Waals surface area contributed by atoms with Crippen molar-refractivity contribution in [1.29, 1.82) is 0 Å². The van der Waals surface area contributed by atoms with Gasteiger partial charge in [0.25, 0.3) is 0 Å². The number of carbonyl (C=O) groups is 5. The molecule has 0 radical (unpaired) electrons. The molecule has 2 aliphatic heterocycles. The lowest BCUT2D eigenvalue weighted by Crippen LogP contribution is -2.61. The summed E-state index contributed by atoms with van der Waals surface area (Å²) < 4.78 is 42.1. The lowest BCUT2D eigenvalue weighted by Gasteiger charge is -2.45. The van der Waals surface area contributed by atoms with E-state index in [2.05, 4.69) is 0 Å². The minimum absolute atomic E-state index is 0.0413. The van der Waals surface area contributed by atoms with Gasteiger partial charge in [-0.15, -0.1) is 0 Å². The summed E-state index contributed by atoms with van der Waals surface area (Å²) in [5, 5.41) is 10.4. The summed E-state index contributed by atoms with van der Waals surface area (Å²) in [5.41, 5.74) is 3.16. The zero-order chi connectivity index (χ0) is 45.4. The molecule has 2 fully saturated rings. The van der Waals surface area contributed by atoms with Gasteiger partial charge in [0.2, 0.25) is 5.91 Å². The minimum atomic E-state index is -1.67. The molecule has 4 aromatic carbocycles. The maximum atomic E-state index is 14.4. The van der Waals surface area contributed by atoms with Crippen LogP contribution in [-0.2, 0) is 72.0 Å². The Morgan fingerprint density at radius 2 is 1.31 bits per heavy atom. The fraction of sp³-hybridized carbons (Fsp3) is 0.380. The molecule has 0 bridgehead atoms. The highest BCUT2D eigenvalue weighted by atomic mass is 16.7. The van der Waals surface area contributed by atoms with Crippen LogP contribution in [0.3, 0.4) is 0 Å². The summed E-state index contributed by atoms with van der Waals surface area (Å²) in [6.45, 7) is 2.91. The second-order valence-corrected chi connectivity index (χ2v) is 15.6. The van der Waals surface area contributed by atoms with E-state index in [1.165, 1.54) is 7.11 Å². The molecule has 2 aliphatic rings. The monoisotopic (exact) mass is 877 g/mol. The van der Waals surface area contributed by atoms with Crippen molar-refractivity contribution in [2.24, 2.45) is 5.92 Å². The van der Waals surface area contributed by atoms with E-state index in [4.69, 9.17) is 33.2 Å². The molecule has 338 valence electrons. The number of imide groups is 1. The van der Waals surface area contributed by atoms with Gasteiger partial charge in [-0.05, 0) is 54.2 Å². The lowest BCUT2D eigenvalue weighted by atomic mass is 9.89. The summed E-state index contributed by atoms with van der Waals surface area (Å²) >= 11 is 0. The van der Waals surface area contributed by atoms with Crippen molar-refractivity contribution in [1.82, 2.24) is 4.90 Å². The van der Waals surface area contributed by atoms with Gasteiger partial charge in [-0.3, -0.25) is 19.2 Å². The van der Waals surface area contributed by atoms with Crippen LogP contribution in [0.15, 0.2) is 133 Å². The number of nitrogens with zero attached hydrogens (tertiary/aromatic N) is 1. The van der Waals surface area contributed by atoms with Crippen LogP contribution < -0.4 is 0 Å². The first-order valence-corrected chi connectivity index (χ1v) is 21.3. The zero-order valence-corrected chi connectivity index (χ0v) is 36.1. The van der Waals surface area contributed by atoms with Crippen LogP contribution in [0, 0.1) is 5.92 Å². The van der Waals surface area contributed by atoms with Crippen LogP contribution in [0.5, 0.6) is 0 Å².